The maximum absolute atomic E-state index is 16.2. The van der Waals surface area contributed by atoms with Crippen LogP contribution < -0.4 is 48.1 Å². The maximum atomic E-state index is 16.2. The fourth-order valence-electron chi connectivity index (χ4n) is 13.1. The van der Waals surface area contributed by atoms with Crippen LogP contribution in [-0.2, 0) is 83.5 Å². The van der Waals surface area contributed by atoms with Crippen LogP contribution in [0.25, 0.3) is 21.8 Å². The first-order chi connectivity index (χ1) is 48.4. The van der Waals surface area contributed by atoms with E-state index in [1.807, 2.05) is 24.3 Å². The predicted molar refractivity (Wildman–Crippen MR) is 377 cm³/mol. The van der Waals surface area contributed by atoms with Crippen molar-refractivity contribution in [2.45, 2.75) is 163 Å². The molecule has 4 aromatic carbocycles. The minimum absolute atomic E-state index is 0.0479. The average Bonchev–Trinajstić information content (AvgIpc) is 1.70. The molecule has 2 aromatic heterocycles. The Labute approximate surface area is 592 Å². The van der Waals surface area contributed by atoms with Crippen molar-refractivity contribution in [3.63, 3.8) is 0 Å². The van der Waals surface area contributed by atoms with Crippen LogP contribution in [0.2, 0.25) is 0 Å². The van der Waals surface area contributed by atoms with Gasteiger partial charge in [0, 0.05) is 115 Å². The van der Waals surface area contributed by atoms with Gasteiger partial charge in [0.1, 0.15) is 65.3 Å². The molecule has 0 aliphatic carbocycles. The van der Waals surface area contributed by atoms with Gasteiger partial charge in [-0.3, -0.25) is 47.9 Å². The number of rotatable bonds is 14. The van der Waals surface area contributed by atoms with E-state index in [2.05, 4.69) is 41.9 Å². The lowest BCUT2D eigenvalue weighted by Gasteiger charge is -2.37. The van der Waals surface area contributed by atoms with Crippen molar-refractivity contribution in [2.75, 3.05) is 45.4 Å². The Kier molecular flexibility index (Phi) is 26.5. The van der Waals surface area contributed by atoms with Crippen molar-refractivity contribution in [1.29, 1.82) is 0 Å². The number of nitrogens with one attached hydrogen (secondary N) is 8. The number of carbonyl (C=O) groups excluding carboxylic acids is 10. The van der Waals surface area contributed by atoms with Gasteiger partial charge in [0.15, 0.2) is 5.78 Å². The first-order valence-corrected chi connectivity index (χ1v) is 36.2. The highest BCUT2D eigenvalue weighted by molar-refractivity contribution is 7.98. The summed E-state index contributed by atoms with van der Waals surface area (Å²) >= 11 is 2.85. The number of benzene rings is 4. The van der Waals surface area contributed by atoms with Gasteiger partial charge in [0.2, 0.25) is 53.2 Å². The van der Waals surface area contributed by atoms with Gasteiger partial charge in [0.25, 0.3) is 0 Å². The number of halogens is 3. The van der Waals surface area contributed by atoms with Crippen LogP contribution in [0.4, 0.5) is 13.2 Å². The second-order valence-electron chi connectivity index (χ2n) is 26.3. The second-order valence-corrected chi connectivity index (χ2v) is 28.5. The number of primary amides is 1. The van der Waals surface area contributed by atoms with E-state index >= 15 is 28.0 Å². The molecule has 0 radical (unpaired) electrons. The molecule has 0 spiro atoms. The number of alkyl halides is 1. The summed E-state index contributed by atoms with van der Waals surface area (Å²) in [6.45, 7) is 4.20. The van der Waals surface area contributed by atoms with Gasteiger partial charge in [0.05, 0.1) is 25.8 Å². The number of amides is 9. The number of hydrogen-bond donors (Lipinski definition) is 10. The zero-order chi connectivity index (χ0) is 72.7. The number of unbranched alkanes of at least 4 members (excludes halogenated alkanes) is 1. The number of nitrogens with two attached hydrogens (primary N) is 2. The van der Waals surface area contributed by atoms with Crippen LogP contribution in [0.5, 0.6) is 5.75 Å². The number of methoxy groups -OCH3 is 2. The van der Waals surface area contributed by atoms with Crippen LogP contribution >= 0.6 is 23.5 Å². The van der Waals surface area contributed by atoms with E-state index in [0.717, 1.165) is 16.0 Å². The summed E-state index contributed by atoms with van der Waals surface area (Å²) in [4.78, 5) is 155. The number of ketones is 1. The van der Waals surface area contributed by atoms with E-state index in [-0.39, 0.29) is 50.8 Å². The van der Waals surface area contributed by atoms with Crippen molar-refractivity contribution in [1.82, 2.24) is 51.7 Å². The third kappa shape index (κ3) is 19.6. The molecule has 3 aliphatic rings. The molecular formula is C72H89F3N12O12S2. The van der Waals surface area contributed by atoms with Crippen molar-refractivity contribution < 1.29 is 70.6 Å². The smallest absolute Gasteiger partial charge is 0.246 e. The zero-order valence-electron chi connectivity index (χ0n) is 57.1. The third-order valence-corrected chi connectivity index (χ3v) is 21.1. The Morgan fingerprint density at radius 2 is 1.34 bits per heavy atom. The largest absolute Gasteiger partial charge is 0.497 e. The second kappa shape index (κ2) is 35.1. The predicted octanol–water partition coefficient (Wildman–Crippen LogP) is 5.01. The van der Waals surface area contributed by atoms with Crippen molar-refractivity contribution in [3.05, 3.63) is 137 Å². The highest BCUT2D eigenvalue weighted by atomic mass is 32.2. The van der Waals surface area contributed by atoms with Gasteiger partial charge in [-0.15, -0.1) is 0 Å². The molecule has 9 rings (SSSR count). The Morgan fingerprint density at radius 1 is 0.713 bits per heavy atom. The summed E-state index contributed by atoms with van der Waals surface area (Å²) in [7, 11) is 2.75. The molecule has 0 saturated carbocycles. The van der Waals surface area contributed by atoms with Crippen LogP contribution in [-0.4, -0.2) is 184 Å². The monoisotopic (exact) mass is 1430 g/mol. The number of ether oxygens (including phenoxy) is 2. The van der Waals surface area contributed by atoms with E-state index in [1.165, 1.54) is 105 Å². The molecule has 542 valence electrons. The number of aromatic amines is 2. The molecular weight excluding hydrogens is 1350 g/mol. The van der Waals surface area contributed by atoms with Crippen molar-refractivity contribution in [2.24, 2.45) is 17.4 Å². The summed E-state index contributed by atoms with van der Waals surface area (Å²) in [5.74, 6) is -8.21. The Hall–Kier alpha value is -8.93. The number of fused-ring (bicyclic) bond motifs is 6. The lowest BCUT2D eigenvalue weighted by atomic mass is 9.95. The van der Waals surface area contributed by atoms with Crippen LogP contribution in [0.15, 0.2) is 97.3 Å². The van der Waals surface area contributed by atoms with E-state index < -0.39 is 156 Å². The summed E-state index contributed by atoms with van der Waals surface area (Å²) in [5, 5.41) is 17.3. The van der Waals surface area contributed by atoms with E-state index in [1.54, 1.807) is 31.2 Å². The summed E-state index contributed by atoms with van der Waals surface area (Å²) in [6, 6.07) is 12.1. The SMILES string of the molecule is COc1ccc(C[C@@H]2NC(=O)[C@H]([C@H](C)OC)NC(=O)[C@@H]3C[C@H](F)CN3C(=O)[C@H](Cc3c[nH]c4ccc(F)cc34)NC(=O)[C@H](Cc3c[nH]c4ccc(F)cc34)NC(=O)[C@@H](C)CC(=O)[C@H](CCCCN)NC(=O)CCSCc3cccc(c3)CSC[C@@H](C(N)=O)NC(=O)[C@]3(C)CCCN3C2=O)cc1. The molecule has 3 aliphatic heterocycles. The van der Waals surface area contributed by atoms with Crippen LogP contribution in [0, 0.1) is 17.6 Å². The highest BCUT2D eigenvalue weighted by Gasteiger charge is 2.49. The molecule has 9 amide bonds. The summed E-state index contributed by atoms with van der Waals surface area (Å²) in [5.41, 5.74) is 14.2. The maximum Gasteiger partial charge on any atom is 0.246 e. The number of hydrogen-bond acceptors (Lipinski definition) is 15. The lowest BCUT2D eigenvalue weighted by Crippen LogP contribution is -2.64. The Morgan fingerprint density at radius 3 is 1.97 bits per heavy atom. The number of nitrogens with zero attached hydrogens (tertiary/aromatic N) is 2. The fourth-order valence-corrected chi connectivity index (χ4v) is 15.0. The molecule has 101 heavy (non-hydrogen) atoms. The Balaban J connectivity index is 1.06. The van der Waals surface area contributed by atoms with Gasteiger partial charge in [-0.05, 0) is 129 Å². The van der Waals surface area contributed by atoms with Crippen molar-refractivity contribution in [3.8, 4) is 5.75 Å². The van der Waals surface area contributed by atoms with Gasteiger partial charge in [-0.1, -0.05) is 43.3 Å². The molecule has 2 fully saturated rings. The van der Waals surface area contributed by atoms with Crippen molar-refractivity contribution >= 4 is 104 Å². The molecule has 2 saturated heterocycles. The third-order valence-electron chi connectivity index (χ3n) is 19.0. The number of Topliss-reactive ketones (excluding diaryl/α,β-unsaturated/α-hetero) is 1. The number of aromatic nitrogens is 2. The molecule has 0 unspecified atom stereocenters. The minimum atomic E-state index is -1.84. The fraction of sp³-hybridized carbons (Fsp3) is 0.472. The molecule has 11 atom stereocenters. The standard InChI is InChI=1S/C72H89F3N12O12S2/c1-40-26-61(88)55(12-6-7-23-76)80-62(89)21-25-100-37-43-10-8-11-44(27-43)38-101-39-59(64(77)90)84-71(97)72(3)22-9-24-87(72)70(96)57(28-42-13-17-50(99-5)18-14-42)83-68(94)63(41(2)98-4)85-67(93)60-33-49(75)36-86(60)69(95)58(30-46-35-79-54-20-16-48(74)32-52(46)54)82-66(92)56(81-65(40)91)29-45-34-78-53-19-15-47(73)31-51(45)53/h8,10-11,13-20,27,31-32,34-35,40-41,49,55-60,63,78-79H,6-7,9,12,21-26,28-30,33,36-39,76H2,1-5H3,(H2,77,90)(H,80,89)(H,81,91)(H,82,92)(H,83,94)(H,84,97)(H,85,93)/t40-,41-,49-,55-,56-,57-,58-,59-,60-,63-,72-/m0/s1. The van der Waals surface area contributed by atoms with Crippen LogP contribution in [0.3, 0.4) is 0 Å². The molecule has 29 heteroatoms. The summed E-state index contributed by atoms with van der Waals surface area (Å²) in [6.07, 6.45) is -0.0206. The number of carbonyl (C=O) groups is 10. The number of thioether (sulfide) groups is 2. The average molecular weight is 1440 g/mol. The quantitative estimate of drug-likeness (QED) is 0.0641. The first kappa shape index (κ1) is 76.3. The highest BCUT2D eigenvalue weighted by Crippen LogP contribution is 2.33. The van der Waals surface area contributed by atoms with Gasteiger partial charge < -0.3 is 72.6 Å². The number of H-pyrrole nitrogens is 2. The lowest BCUT2D eigenvalue weighted by molar-refractivity contribution is -0.147. The van der Waals surface area contributed by atoms with Gasteiger partial charge >= 0.3 is 0 Å². The minimum Gasteiger partial charge on any atom is -0.497 e. The topological polar surface area (TPSA) is 351 Å². The normalized spacial score (nSPS) is 25.3. The van der Waals surface area contributed by atoms with Crippen LogP contribution in [0.1, 0.15) is 100.0 Å². The molecule has 2 bridgehead atoms. The van der Waals surface area contributed by atoms with Gasteiger partial charge in [-0.2, -0.15) is 23.5 Å². The molecule has 12 N–H and O–H groups in total. The molecule has 24 nitrogen and oxygen atoms in total. The van der Waals surface area contributed by atoms with E-state index in [4.69, 9.17) is 20.9 Å². The molecule has 6 aromatic rings. The van der Waals surface area contributed by atoms with E-state index in [0.29, 0.717) is 87.3 Å². The zero-order valence-corrected chi connectivity index (χ0v) is 58.8. The van der Waals surface area contributed by atoms with Gasteiger partial charge in [-0.25, -0.2) is 13.2 Å². The Bertz CT molecular complexity index is 3990. The van der Waals surface area contributed by atoms with E-state index in [9.17, 15) is 33.2 Å². The molecule has 5 heterocycles. The first-order valence-electron chi connectivity index (χ1n) is 33.9. The summed E-state index contributed by atoms with van der Waals surface area (Å²) < 4.78 is 57.2.